The van der Waals surface area contributed by atoms with Crippen molar-refractivity contribution in [3.8, 4) is 6.07 Å². The van der Waals surface area contributed by atoms with Crippen LogP contribution in [-0.2, 0) is 14.3 Å². The molecule has 1 aromatic carbocycles. The van der Waals surface area contributed by atoms with Gasteiger partial charge in [-0.2, -0.15) is 5.26 Å². The fourth-order valence-electron chi connectivity index (χ4n) is 1.42. The molecular formula is C12H13FN2O3. The monoisotopic (exact) mass is 252 g/mol. The maximum atomic E-state index is 13.7. The lowest BCUT2D eigenvalue weighted by molar-refractivity contribution is -0.115. The average molecular weight is 252 g/mol. The van der Waals surface area contributed by atoms with Gasteiger partial charge in [0.25, 0.3) is 0 Å². The van der Waals surface area contributed by atoms with Crippen molar-refractivity contribution in [2.75, 3.05) is 19.5 Å². The molecule has 0 fully saturated rings. The molecule has 0 saturated carbocycles. The molecule has 1 amide bonds. The Morgan fingerprint density at radius 2 is 2.17 bits per heavy atom. The van der Waals surface area contributed by atoms with E-state index in [1.54, 1.807) is 6.07 Å². The minimum atomic E-state index is -0.797. The van der Waals surface area contributed by atoms with Crippen LogP contribution in [0.2, 0.25) is 0 Å². The van der Waals surface area contributed by atoms with Gasteiger partial charge in [-0.05, 0) is 18.2 Å². The number of amides is 1. The van der Waals surface area contributed by atoms with E-state index in [4.69, 9.17) is 14.7 Å². The highest BCUT2D eigenvalue weighted by Gasteiger charge is 2.15. The largest absolute Gasteiger partial charge is 0.352 e. The average Bonchev–Trinajstić information content (AvgIpc) is 2.33. The van der Waals surface area contributed by atoms with Crippen molar-refractivity contribution in [3.05, 3.63) is 29.6 Å². The van der Waals surface area contributed by atoms with Crippen LogP contribution in [0.25, 0.3) is 0 Å². The van der Waals surface area contributed by atoms with E-state index in [1.807, 2.05) is 0 Å². The van der Waals surface area contributed by atoms with Gasteiger partial charge >= 0.3 is 0 Å². The number of nitrogens with one attached hydrogen (secondary N) is 1. The van der Waals surface area contributed by atoms with Gasteiger partial charge in [0.2, 0.25) is 5.91 Å². The summed E-state index contributed by atoms with van der Waals surface area (Å²) in [4.78, 5) is 11.1. The van der Waals surface area contributed by atoms with Gasteiger partial charge < -0.3 is 14.8 Å². The molecule has 0 radical (unpaired) electrons. The van der Waals surface area contributed by atoms with Crippen molar-refractivity contribution in [3.63, 3.8) is 0 Å². The van der Waals surface area contributed by atoms with E-state index in [0.29, 0.717) is 0 Å². The Labute approximate surface area is 104 Å². The van der Waals surface area contributed by atoms with E-state index < -0.39 is 18.0 Å². The lowest BCUT2D eigenvalue weighted by atomic mass is 10.2. The number of hydrogen-bond acceptors (Lipinski definition) is 4. The van der Waals surface area contributed by atoms with Gasteiger partial charge in [0.05, 0.1) is 6.07 Å². The highest BCUT2D eigenvalue weighted by Crippen LogP contribution is 2.23. The zero-order valence-electron chi connectivity index (χ0n) is 10.1. The first-order chi connectivity index (χ1) is 8.62. The Kier molecular flexibility index (Phi) is 5.24. The normalized spacial score (nSPS) is 10.2. The van der Waals surface area contributed by atoms with Crippen molar-refractivity contribution in [2.24, 2.45) is 0 Å². The quantitative estimate of drug-likeness (QED) is 0.813. The Morgan fingerprint density at radius 1 is 1.50 bits per heavy atom. The summed E-state index contributed by atoms with van der Waals surface area (Å²) in [7, 11) is 2.80. The summed E-state index contributed by atoms with van der Waals surface area (Å²) >= 11 is 0. The van der Waals surface area contributed by atoms with Crippen LogP contribution in [0.1, 0.15) is 18.3 Å². The molecule has 96 valence electrons. The van der Waals surface area contributed by atoms with Crippen molar-refractivity contribution >= 4 is 11.6 Å². The minimum Gasteiger partial charge on any atom is -0.352 e. The molecule has 18 heavy (non-hydrogen) atoms. The molecule has 0 aliphatic heterocycles. The number of nitriles is 1. The number of anilines is 1. The van der Waals surface area contributed by atoms with Crippen LogP contribution in [-0.4, -0.2) is 20.1 Å². The third-order valence-corrected chi connectivity index (χ3v) is 2.21. The summed E-state index contributed by atoms with van der Waals surface area (Å²) in [6.45, 7) is 0. The van der Waals surface area contributed by atoms with E-state index in [1.165, 1.54) is 26.4 Å². The predicted molar refractivity (Wildman–Crippen MR) is 62.0 cm³/mol. The number of halogens is 1. The fraction of sp³-hybridized carbons (Fsp3) is 0.333. The van der Waals surface area contributed by atoms with Crippen LogP contribution >= 0.6 is 0 Å². The molecule has 0 unspecified atom stereocenters. The minimum absolute atomic E-state index is 0.235. The van der Waals surface area contributed by atoms with E-state index in [0.717, 1.165) is 6.07 Å². The van der Waals surface area contributed by atoms with Crippen LogP contribution in [0.15, 0.2) is 18.2 Å². The van der Waals surface area contributed by atoms with Crippen LogP contribution in [0.4, 0.5) is 10.1 Å². The van der Waals surface area contributed by atoms with Gasteiger partial charge in [0.15, 0.2) is 6.29 Å². The first-order valence-electron chi connectivity index (χ1n) is 5.14. The van der Waals surface area contributed by atoms with Gasteiger partial charge in [-0.15, -0.1) is 0 Å². The van der Waals surface area contributed by atoms with Gasteiger partial charge in [0, 0.05) is 25.5 Å². The van der Waals surface area contributed by atoms with Crippen LogP contribution in [0.3, 0.4) is 0 Å². The van der Waals surface area contributed by atoms with Crippen molar-refractivity contribution in [1.29, 1.82) is 5.26 Å². The Balaban J connectivity index is 2.86. The Morgan fingerprint density at radius 3 is 2.67 bits per heavy atom. The smallest absolute Gasteiger partial charge is 0.238 e. The summed E-state index contributed by atoms with van der Waals surface area (Å²) in [6, 6.07) is 5.82. The van der Waals surface area contributed by atoms with Gasteiger partial charge in [0.1, 0.15) is 12.2 Å². The van der Waals surface area contributed by atoms with Crippen molar-refractivity contribution in [1.82, 2.24) is 0 Å². The molecule has 6 heteroatoms. The van der Waals surface area contributed by atoms with E-state index in [9.17, 15) is 9.18 Å². The first-order valence-corrected chi connectivity index (χ1v) is 5.14. The van der Waals surface area contributed by atoms with Crippen LogP contribution in [0, 0.1) is 17.1 Å². The number of ether oxygens (including phenoxy) is 2. The topological polar surface area (TPSA) is 71.3 Å². The molecular weight excluding hydrogens is 239 g/mol. The summed E-state index contributed by atoms with van der Waals surface area (Å²) in [6.07, 6.45) is -1.07. The molecule has 0 saturated heterocycles. The molecule has 0 bridgehead atoms. The molecule has 1 rings (SSSR count). The second-order valence-corrected chi connectivity index (χ2v) is 3.42. The lowest BCUT2D eigenvalue weighted by Crippen LogP contribution is -2.11. The SMILES string of the molecule is COC(OC)c1ccc(NC(=O)CC#N)cc1F. The molecule has 0 aliphatic rings. The number of carbonyl (C=O) groups excluding carboxylic acids is 1. The predicted octanol–water partition coefficient (Wildman–Crippen LogP) is 1.97. The second kappa shape index (κ2) is 6.69. The van der Waals surface area contributed by atoms with E-state index in [2.05, 4.69) is 5.32 Å². The summed E-state index contributed by atoms with van der Waals surface area (Å²) in [5.74, 6) is -1.04. The first kappa shape index (κ1) is 14.1. The van der Waals surface area contributed by atoms with E-state index in [-0.39, 0.29) is 17.7 Å². The number of rotatable bonds is 5. The fourth-order valence-corrected chi connectivity index (χ4v) is 1.42. The number of hydrogen-bond donors (Lipinski definition) is 1. The Hall–Kier alpha value is -1.97. The number of nitrogens with zero attached hydrogens (tertiary/aromatic N) is 1. The maximum absolute atomic E-state index is 13.7. The third-order valence-electron chi connectivity index (χ3n) is 2.21. The maximum Gasteiger partial charge on any atom is 0.238 e. The molecule has 0 heterocycles. The lowest BCUT2D eigenvalue weighted by Gasteiger charge is -2.15. The molecule has 5 nitrogen and oxygen atoms in total. The van der Waals surface area contributed by atoms with Gasteiger partial charge in [-0.25, -0.2) is 4.39 Å². The highest BCUT2D eigenvalue weighted by molar-refractivity contribution is 5.92. The second-order valence-electron chi connectivity index (χ2n) is 3.42. The standard InChI is InChI=1S/C12H13FN2O3/c1-17-12(18-2)9-4-3-8(7-10(9)13)15-11(16)5-6-14/h3-4,7,12H,5H2,1-2H3,(H,15,16). The highest BCUT2D eigenvalue weighted by atomic mass is 19.1. The van der Waals surface area contributed by atoms with Gasteiger partial charge in [-0.3, -0.25) is 4.79 Å². The summed E-state index contributed by atoms with van der Waals surface area (Å²) in [5, 5.41) is 10.7. The summed E-state index contributed by atoms with van der Waals surface area (Å²) in [5.41, 5.74) is 0.515. The Bertz CT molecular complexity index is 467. The molecule has 1 N–H and O–H groups in total. The zero-order valence-corrected chi connectivity index (χ0v) is 10.1. The van der Waals surface area contributed by atoms with E-state index >= 15 is 0 Å². The summed E-state index contributed by atoms with van der Waals surface area (Å²) < 4.78 is 23.6. The third kappa shape index (κ3) is 3.52. The number of benzene rings is 1. The molecule has 0 aromatic heterocycles. The number of carbonyl (C=O) groups is 1. The number of methoxy groups -OCH3 is 2. The van der Waals surface area contributed by atoms with Crippen molar-refractivity contribution in [2.45, 2.75) is 12.7 Å². The van der Waals surface area contributed by atoms with Crippen LogP contribution < -0.4 is 5.32 Å². The molecule has 0 atom stereocenters. The van der Waals surface area contributed by atoms with Crippen molar-refractivity contribution < 1.29 is 18.7 Å². The molecule has 0 spiro atoms. The molecule has 0 aliphatic carbocycles. The zero-order chi connectivity index (χ0) is 13.5. The van der Waals surface area contributed by atoms with Crippen LogP contribution in [0.5, 0.6) is 0 Å². The molecule has 1 aromatic rings. The van der Waals surface area contributed by atoms with Gasteiger partial charge in [-0.1, -0.05) is 0 Å².